The van der Waals surface area contributed by atoms with Gasteiger partial charge in [0.1, 0.15) is 0 Å². The van der Waals surface area contributed by atoms with Gasteiger partial charge in [-0.3, -0.25) is 0 Å². The zero-order chi connectivity index (χ0) is 2.71. The first kappa shape index (κ1) is 8.88. The van der Waals surface area contributed by atoms with Crippen molar-refractivity contribution in [3.05, 3.63) is 0 Å². The summed E-state index contributed by atoms with van der Waals surface area (Å²) in [6, 6.07) is 0. The molecule has 0 aliphatic carbocycles. The molecule has 0 saturated heterocycles. The Morgan fingerprint density at radius 1 is 1.75 bits per heavy atom. The van der Waals surface area contributed by atoms with Gasteiger partial charge in [0, 0.05) is 27.3 Å². The van der Waals surface area contributed by atoms with Gasteiger partial charge < -0.3 is 0 Å². The summed E-state index contributed by atoms with van der Waals surface area (Å²) < 4.78 is 8.51. The van der Waals surface area contributed by atoms with E-state index >= 15 is 0 Å². The summed E-state index contributed by atoms with van der Waals surface area (Å²) in [6.07, 6.45) is 0. The molecular weight excluding hydrogens is 270 g/mol. The number of hydrogen-bond donors (Lipinski definition) is 1. The van der Waals surface area contributed by atoms with Crippen LogP contribution in [0.1, 0.15) is 0 Å². The zero-order valence-electron chi connectivity index (χ0n) is 1.86. The van der Waals surface area contributed by atoms with E-state index in [4.69, 9.17) is 9.46 Å². The predicted molar refractivity (Wildman–Crippen MR) is 17.0 cm³/mol. The van der Waals surface area contributed by atoms with Crippen molar-refractivity contribution in [1.82, 2.24) is 0 Å². The minimum Gasteiger partial charge on any atom is -0.162 e. The number of rotatable bonds is 0. The summed E-state index contributed by atoms with van der Waals surface area (Å²) in [5, 5.41) is 0. The third-order valence-corrected chi connectivity index (χ3v) is 0. The van der Waals surface area contributed by atoms with Gasteiger partial charge in [-0.25, -0.2) is 0 Å². The topological polar surface area (TPSA) is 37.3 Å². The first-order valence-electron chi connectivity index (χ1n) is 0.428. The average molecular weight is 272 g/mol. The molecule has 1 N–H and O–H groups in total. The van der Waals surface area contributed by atoms with E-state index in [0.717, 1.165) is 0 Å². The van der Waals surface area contributed by atoms with Crippen LogP contribution in [0.5, 0.6) is 0 Å². The number of hydrogen-bond acceptors (Lipinski definition) is 1. The van der Waals surface area contributed by atoms with Crippen LogP contribution in [0.4, 0.5) is 0 Å². The Morgan fingerprint density at radius 3 is 1.75 bits per heavy atom. The normalized spacial score (nSPS) is 5.25. The van der Waals surface area contributed by atoms with Gasteiger partial charge in [0.2, 0.25) is 0 Å². The molecule has 4 radical (unpaired) electrons. The van der Waals surface area contributed by atoms with E-state index in [9.17, 15) is 0 Å². The molecule has 0 saturated carbocycles. The maximum atomic E-state index is 8.51. The molecule has 0 fully saturated rings. The molecule has 0 amide bonds. The molecule has 1 atom stereocenters. The van der Waals surface area contributed by atoms with Crippen LogP contribution in [0.2, 0.25) is 0 Å². The van der Waals surface area contributed by atoms with Gasteiger partial charge in [-0.2, -0.15) is 4.89 Å². The minimum absolute atomic E-state index is 0. The molecule has 2 nitrogen and oxygen atoms in total. The van der Waals surface area contributed by atoms with Crippen LogP contribution >= 0.6 is 8.69 Å². The summed E-state index contributed by atoms with van der Waals surface area (Å²) in [5.74, 6) is 0. The first-order valence-corrected chi connectivity index (χ1v) is 1.28. The maximum absolute atomic E-state index is 8.51. The van der Waals surface area contributed by atoms with E-state index in [1.807, 2.05) is 0 Å². The van der Waals surface area contributed by atoms with Crippen LogP contribution in [0.25, 0.3) is 0 Å². The monoisotopic (exact) mass is 273 g/mol. The van der Waals surface area contributed by atoms with E-state index in [1.165, 1.54) is 0 Å². The molecule has 22 valence electrons. The summed E-state index contributed by atoms with van der Waals surface area (Å²) in [4.78, 5) is 7.04. The molecular formula is H2O2PPb+. The molecule has 4 heteroatoms. The van der Waals surface area contributed by atoms with Gasteiger partial charge in [-0.1, -0.05) is 0 Å². The van der Waals surface area contributed by atoms with E-state index in [-0.39, 0.29) is 27.3 Å². The molecule has 0 aliphatic rings. The maximum Gasteiger partial charge on any atom is 0.491 e. The van der Waals surface area contributed by atoms with Crippen LogP contribution in [-0.4, -0.2) is 32.2 Å². The predicted octanol–water partition coefficient (Wildman–Crippen LogP) is -0.463. The first-order chi connectivity index (χ1) is 1.41. The van der Waals surface area contributed by atoms with Gasteiger partial charge in [-0.15, -0.1) is 0 Å². The van der Waals surface area contributed by atoms with E-state index in [2.05, 4.69) is 0 Å². The second-order valence-electron chi connectivity index (χ2n) is 0.0913. The average Bonchev–Trinajstić information content (AvgIpc) is 0.918. The van der Waals surface area contributed by atoms with E-state index in [1.54, 1.807) is 0 Å². The molecule has 0 bridgehead atoms. The van der Waals surface area contributed by atoms with Crippen LogP contribution in [-0.2, 0) is 4.57 Å². The van der Waals surface area contributed by atoms with Crippen molar-refractivity contribution in [3.63, 3.8) is 0 Å². The van der Waals surface area contributed by atoms with Crippen molar-refractivity contribution in [2.75, 3.05) is 0 Å². The van der Waals surface area contributed by atoms with Crippen LogP contribution in [0.15, 0.2) is 0 Å². The van der Waals surface area contributed by atoms with Crippen LogP contribution in [0.3, 0.4) is 0 Å². The zero-order valence-corrected chi connectivity index (χ0v) is 6.74. The minimum atomic E-state index is -1.17. The SMILES string of the molecule is O=[PH+]O.[Pb]. The van der Waals surface area contributed by atoms with Gasteiger partial charge in [0.05, 0.1) is 0 Å². The van der Waals surface area contributed by atoms with Crippen molar-refractivity contribution in [1.29, 1.82) is 0 Å². The Balaban J connectivity index is 0. The Hall–Kier alpha value is 0.982. The second-order valence-corrected chi connectivity index (χ2v) is 0.274. The Kier molecular flexibility index (Phi) is 20.0. The Bertz CT molecular complexity index is 13.5. The largest absolute Gasteiger partial charge is 0.491 e. The fraction of sp³-hybridized carbons (Fsp3) is 0. The summed E-state index contributed by atoms with van der Waals surface area (Å²) >= 11 is 0. The van der Waals surface area contributed by atoms with Gasteiger partial charge in [-0.05, 0) is 4.57 Å². The summed E-state index contributed by atoms with van der Waals surface area (Å²) in [6.45, 7) is 0. The van der Waals surface area contributed by atoms with Crippen molar-refractivity contribution < 1.29 is 9.46 Å². The standard InChI is InChI=1S/HO2P.Pb/c1-3-2;/h3H;/p+1. The molecule has 0 aromatic carbocycles. The quantitative estimate of drug-likeness (QED) is 0.478. The van der Waals surface area contributed by atoms with E-state index < -0.39 is 8.69 Å². The Morgan fingerprint density at radius 2 is 1.75 bits per heavy atom. The molecule has 0 spiro atoms. The molecule has 0 aliphatic heterocycles. The van der Waals surface area contributed by atoms with Crippen LogP contribution < -0.4 is 0 Å². The van der Waals surface area contributed by atoms with E-state index in [0.29, 0.717) is 0 Å². The smallest absolute Gasteiger partial charge is 0.162 e. The molecule has 0 aromatic rings. The molecule has 0 rings (SSSR count). The van der Waals surface area contributed by atoms with Crippen molar-refractivity contribution >= 4 is 36.0 Å². The Labute approximate surface area is 45.7 Å². The third-order valence-electron chi connectivity index (χ3n) is 0. The van der Waals surface area contributed by atoms with Crippen molar-refractivity contribution in [2.45, 2.75) is 0 Å². The van der Waals surface area contributed by atoms with Crippen molar-refractivity contribution in [2.24, 2.45) is 0 Å². The fourth-order valence-electron chi connectivity index (χ4n) is 0. The summed E-state index contributed by atoms with van der Waals surface area (Å²) in [5.41, 5.74) is 0. The summed E-state index contributed by atoms with van der Waals surface area (Å²) in [7, 11) is -1.17. The van der Waals surface area contributed by atoms with Gasteiger partial charge >= 0.3 is 8.69 Å². The fourth-order valence-corrected chi connectivity index (χ4v) is 0. The molecule has 1 unspecified atom stereocenters. The molecule has 0 aromatic heterocycles. The van der Waals surface area contributed by atoms with Gasteiger partial charge in [0.15, 0.2) is 0 Å². The van der Waals surface area contributed by atoms with Crippen LogP contribution in [0, 0.1) is 0 Å². The van der Waals surface area contributed by atoms with Gasteiger partial charge in [0.25, 0.3) is 0 Å². The second kappa shape index (κ2) is 9.01. The third kappa shape index (κ3) is 12.1. The van der Waals surface area contributed by atoms with Crippen molar-refractivity contribution in [3.8, 4) is 0 Å². The molecule has 0 heterocycles. The molecule has 4 heavy (non-hydrogen) atoms.